The first-order chi connectivity index (χ1) is 6.34. The van der Waals surface area contributed by atoms with Crippen LogP contribution < -0.4 is 5.32 Å². The summed E-state index contributed by atoms with van der Waals surface area (Å²) in [5, 5.41) is 3.74. The van der Waals surface area contributed by atoms with Crippen LogP contribution in [-0.2, 0) is 0 Å². The van der Waals surface area contributed by atoms with Crippen LogP contribution in [0.3, 0.4) is 0 Å². The van der Waals surface area contributed by atoms with Gasteiger partial charge in [-0.1, -0.05) is 11.6 Å². The van der Waals surface area contributed by atoms with Crippen LogP contribution in [0.2, 0.25) is 5.15 Å². The van der Waals surface area contributed by atoms with Crippen molar-refractivity contribution in [2.24, 2.45) is 0 Å². The number of anilines is 1. The highest BCUT2D eigenvalue weighted by Crippen LogP contribution is 2.20. The third-order valence-electron chi connectivity index (χ3n) is 1.89. The van der Waals surface area contributed by atoms with Crippen molar-refractivity contribution in [1.82, 2.24) is 9.97 Å². The molecular formula is C8H10ClN3S. The SMILES string of the molecule is Clc1cncc(NC2CCSC2)n1. The number of halogens is 1. The van der Waals surface area contributed by atoms with Gasteiger partial charge in [-0.05, 0) is 12.2 Å². The van der Waals surface area contributed by atoms with Gasteiger partial charge in [0.05, 0.1) is 12.4 Å². The van der Waals surface area contributed by atoms with Crippen LogP contribution in [0.4, 0.5) is 5.82 Å². The van der Waals surface area contributed by atoms with E-state index in [9.17, 15) is 0 Å². The van der Waals surface area contributed by atoms with Crippen molar-refractivity contribution in [3.8, 4) is 0 Å². The Kier molecular flexibility index (Phi) is 2.90. The third kappa shape index (κ3) is 2.48. The van der Waals surface area contributed by atoms with Gasteiger partial charge < -0.3 is 5.32 Å². The Labute approximate surface area is 86.3 Å². The van der Waals surface area contributed by atoms with Crippen molar-refractivity contribution in [3.63, 3.8) is 0 Å². The second-order valence-electron chi connectivity index (χ2n) is 2.93. The van der Waals surface area contributed by atoms with Crippen LogP contribution in [0.1, 0.15) is 6.42 Å². The number of rotatable bonds is 2. The molecule has 2 rings (SSSR count). The molecule has 13 heavy (non-hydrogen) atoms. The summed E-state index contributed by atoms with van der Waals surface area (Å²) in [6, 6.07) is 0.526. The summed E-state index contributed by atoms with van der Waals surface area (Å²) >= 11 is 7.67. The van der Waals surface area contributed by atoms with E-state index in [0.717, 1.165) is 11.6 Å². The maximum Gasteiger partial charge on any atom is 0.149 e. The van der Waals surface area contributed by atoms with Crippen molar-refractivity contribution < 1.29 is 0 Å². The lowest BCUT2D eigenvalue weighted by molar-refractivity contribution is 0.805. The van der Waals surface area contributed by atoms with E-state index in [1.807, 2.05) is 11.8 Å². The second kappa shape index (κ2) is 4.15. The van der Waals surface area contributed by atoms with Crippen molar-refractivity contribution >= 4 is 29.2 Å². The molecule has 0 spiro atoms. The van der Waals surface area contributed by atoms with Crippen LogP contribution in [0.15, 0.2) is 12.4 Å². The summed E-state index contributed by atoms with van der Waals surface area (Å²) in [6.45, 7) is 0. The molecule has 1 fully saturated rings. The molecule has 1 unspecified atom stereocenters. The zero-order chi connectivity index (χ0) is 9.10. The summed E-state index contributed by atoms with van der Waals surface area (Å²) in [5.41, 5.74) is 0. The monoisotopic (exact) mass is 215 g/mol. The molecule has 0 aromatic carbocycles. The molecule has 1 aliphatic rings. The average molecular weight is 216 g/mol. The number of hydrogen-bond acceptors (Lipinski definition) is 4. The molecule has 1 aromatic rings. The van der Waals surface area contributed by atoms with E-state index in [4.69, 9.17) is 11.6 Å². The highest BCUT2D eigenvalue weighted by atomic mass is 35.5. The molecule has 1 N–H and O–H groups in total. The normalized spacial score (nSPS) is 21.8. The molecule has 0 radical (unpaired) electrons. The largest absolute Gasteiger partial charge is 0.365 e. The van der Waals surface area contributed by atoms with E-state index in [2.05, 4.69) is 15.3 Å². The van der Waals surface area contributed by atoms with Crippen molar-refractivity contribution in [2.45, 2.75) is 12.5 Å². The quantitative estimate of drug-likeness (QED) is 0.820. The van der Waals surface area contributed by atoms with Gasteiger partial charge in [-0.25, -0.2) is 4.98 Å². The molecule has 70 valence electrons. The molecule has 0 amide bonds. The molecular weight excluding hydrogens is 206 g/mol. The van der Waals surface area contributed by atoms with Crippen LogP contribution in [-0.4, -0.2) is 27.5 Å². The highest BCUT2D eigenvalue weighted by Gasteiger charge is 2.15. The van der Waals surface area contributed by atoms with Gasteiger partial charge in [-0.2, -0.15) is 11.8 Å². The van der Waals surface area contributed by atoms with Gasteiger partial charge in [0.2, 0.25) is 0 Å². The Morgan fingerprint density at radius 1 is 1.54 bits per heavy atom. The van der Waals surface area contributed by atoms with Gasteiger partial charge >= 0.3 is 0 Å². The van der Waals surface area contributed by atoms with Gasteiger partial charge in [0.25, 0.3) is 0 Å². The maximum absolute atomic E-state index is 5.71. The van der Waals surface area contributed by atoms with E-state index in [1.54, 1.807) is 6.20 Å². The minimum atomic E-state index is 0.440. The average Bonchev–Trinajstić information content (AvgIpc) is 2.57. The molecule has 1 atom stereocenters. The van der Waals surface area contributed by atoms with Gasteiger partial charge in [-0.15, -0.1) is 0 Å². The molecule has 0 saturated carbocycles. The first-order valence-corrected chi connectivity index (χ1v) is 5.70. The lowest BCUT2D eigenvalue weighted by atomic mass is 10.3. The maximum atomic E-state index is 5.71. The predicted molar refractivity (Wildman–Crippen MR) is 56.4 cm³/mol. The van der Waals surface area contributed by atoms with Gasteiger partial charge in [0, 0.05) is 11.8 Å². The number of nitrogens with one attached hydrogen (secondary N) is 1. The summed E-state index contributed by atoms with van der Waals surface area (Å²) < 4.78 is 0. The summed E-state index contributed by atoms with van der Waals surface area (Å²) in [4.78, 5) is 8.08. The standard InChI is InChI=1S/C8H10ClN3S/c9-7-3-10-4-8(12-7)11-6-1-2-13-5-6/h3-4,6H,1-2,5H2,(H,11,12). The Hall–Kier alpha value is -0.480. The second-order valence-corrected chi connectivity index (χ2v) is 4.47. The van der Waals surface area contributed by atoms with Crippen molar-refractivity contribution in [2.75, 3.05) is 16.8 Å². The molecule has 3 nitrogen and oxygen atoms in total. The third-order valence-corrected chi connectivity index (χ3v) is 3.23. The predicted octanol–water partition coefficient (Wildman–Crippen LogP) is 2.05. The zero-order valence-corrected chi connectivity index (χ0v) is 8.61. The van der Waals surface area contributed by atoms with E-state index >= 15 is 0 Å². The summed E-state index contributed by atoms with van der Waals surface area (Å²) in [5.74, 6) is 3.15. The minimum absolute atomic E-state index is 0.440. The van der Waals surface area contributed by atoms with Crippen LogP contribution >= 0.6 is 23.4 Å². The minimum Gasteiger partial charge on any atom is -0.365 e. The molecule has 2 heterocycles. The topological polar surface area (TPSA) is 37.8 Å². The molecule has 1 aromatic heterocycles. The number of nitrogens with zero attached hydrogens (tertiary/aromatic N) is 2. The van der Waals surface area contributed by atoms with Crippen molar-refractivity contribution in [1.29, 1.82) is 0 Å². The smallest absolute Gasteiger partial charge is 0.149 e. The molecule has 0 bridgehead atoms. The molecule has 1 aliphatic heterocycles. The fourth-order valence-electron chi connectivity index (χ4n) is 1.27. The first-order valence-electron chi connectivity index (χ1n) is 4.16. The zero-order valence-electron chi connectivity index (χ0n) is 7.03. The summed E-state index contributed by atoms with van der Waals surface area (Å²) in [7, 11) is 0. The van der Waals surface area contributed by atoms with Crippen LogP contribution in [0, 0.1) is 0 Å². The van der Waals surface area contributed by atoms with Crippen LogP contribution in [0.25, 0.3) is 0 Å². The van der Waals surface area contributed by atoms with Gasteiger partial charge in [-0.3, -0.25) is 4.98 Å². The lowest BCUT2D eigenvalue weighted by Crippen LogP contribution is -2.18. The number of thioether (sulfide) groups is 1. The van der Waals surface area contributed by atoms with Crippen LogP contribution in [0.5, 0.6) is 0 Å². The Balaban J connectivity index is 2.00. The van der Waals surface area contributed by atoms with E-state index in [-0.39, 0.29) is 0 Å². The van der Waals surface area contributed by atoms with Gasteiger partial charge in [0.15, 0.2) is 0 Å². The number of hydrogen-bond donors (Lipinski definition) is 1. The fraction of sp³-hybridized carbons (Fsp3) is 0.500. The molecule has 1 saturated heterocycles. The van der Waals surface area contributed by atoms with Gasteiger partial charge in [0.1, 0.15) is 11.0 Å². The first kappa shape index (κ1) is 9.09. The van der Waals surface area contributed by atoms with Crippen molar-refractivity contribution in [3.05, 3.63) is 17.5 Å². The fourth-order valence-corrected chi connectivity index (χ4v) is 2.57. The number of aromatic nitrogens is 2. The van der Waals surface area contributed by atoms with E-state index < -0.39 is 0 Å². The Bertz CT molecular complexity index is 288. The Morgan fingerprint density at radius 2 is 2.46 bits per heavy atom. The summed E-state index contributed by atoms with van der Waals surface area (Å²) in [6.07, 6.45) is 4.43. The Morgan fingerprint density at radius 3 is 3.15 bits per heavy atom. The molecule has 5 heteroatoms. The molecule has 0 aliphatic carbocycles. The van der Waals surface area contributed by atoms with E-state index in [1.165, 1.54) is 18.4 Å². The highest BCUT2D eigenvalue weighted by molar-refractivity contribution is 7.99. The van der Waals surface area contributed by atoms with E-state index in [0.29, 0.717) is 11.2 Å². The lowest BCUT2D eigenvalue weighted by Gasteiger charge is -2.10.